The summed E-state index contributed by atoms with van der Waals surface area (Å²) in [6, 6.07) is 6.76. The molecule has 7 nitrogen and oxygen atoms in total. The molecule has 1 heterocycles. The summed E-state index contributed by atoms with van der Waals surface area (Å²) in [5.74, 6) is -0.247. The maximum absolute atomic E-state index is 12.5. The normalized spacial score (nSPS) is 15.0. The largest absolute Gasteiger partial charge is 0.497 e. The van der Waals surface area contributed by atoms with Gasteiger partial charge >= 0.3 is 12.0 Å². The van der Waals surface area contributed by atoms with Crippen LogP contribution in [0.1, 0.15) is 29.6 Å². The van der Waals surface area contributed by atoms with E-state index in [0.29, 0.717) is 37.2 Å². The minimum Gasteiger partial charge on any atom is -0.497 e. The van der Waals surface area contributed by atoms with Crippen molar-refractivity contribution in [3.05, 3.63) is 29.8 Å². The lowest BCUT2D eigenvalue weighted by Crippen LogP contribution is -2.45. The summed E-state index contributed by atoms with van der Waals surface area (Å²) in [5.41, 5.74) is 0.653. The van der Waals surface area contributed by atoms with Gasteiger partial charge in [0.1, 0.15) is 5.75 Å². The lowest BCUT2D eigenvalue weighted by atomic mass is 9.89. The van der Waals surface area contributed by atoms with Gasteiger partial charge in [-0.05, 0) is 37.1 Å². The van der Waals surface area contributed by atoms with Crippen LogP contribution in [0.2, 0.25) is 0 Å². The van der Waals surface area contributed by atoms with Crippen molar-refractivity contribution in [2.45, 2.75) is 19.3 Å². The third kappa shape index (κ3) is 4.71. The second-order valence-electron chi connectivity index (χ2n) is 5.73. The zero-order chi connectivity index (χ0) is 17.5. The summed E-state index contributed by atoms with van der Waals surface area (Å²) in [5, 5.41) is 11.1. The number of carboxylic acid groups (broad SMARTS) is 1. The first kappa shape index (κ1) is 17.8. The van der Waals surface area contributed by atoms with Gasteiger partial charge in [-0.2, -0.15) is 0 Å². The third-order valence-electron chi connectivity index (χ3n) is 4.14. The molecule has 130 valence electrons. The number of carboxylic acids is 1. The van der Waals surface area contributed by atoms with E-state index >= 15 is 0 Å². The number of aliphatic carboxylic acids is 1. The van der Waals surface area contributed by atoms with Crippen LogP contribution < -0.4 is 10.1 Å². The fourth-order valence-electron chi connectivity index (χ4n) is 2.72. The van der Waals surface area contributed by atoms with Crippen LogP contribution in [0.25, 0.3) is 0 Å². The van der Waals surface area contributed by atoms with E-state index in [1.807, 2.05) is 0 Å². The van der Waals surface area contributed by atoms with Crippen LogP contribution in [0.4, 0.5) is 4.79 Å². The number of hydrogen-bond donors (Lipinski definition) is 2. The number of methoxy groups -OCH3 is 1. The zero-order valence-corrected chi connectivity index (χ0v) is 13.7. The lowest BCUT2D eigenvalue weighted by molar-refractivity contribution is -0.136. The summed E-state index contributed by atoms with van der Waals surface area (Å²) in [7, 11) is 1.58. The Hall–Kier alpha value is -2.57. The van der Waals surface area contributed by atoms with Gasteiger partial charge in [0.25, 0.3) is 0 Å². The molecule has 1 saturated heterocycles. The number of carbonyl (C=O) groups excluding carboxylic acids is 2. The summed E-state index contributed by atoms with van der Waals surface area (Å²) in [4.78, 5) is 36.5. The monoisotopic (exact) mass is 334 g/mol. The lowest BCUT2D eigenvalue weighted by Gasteiger charge is -2.31. The molecule has 0 aromatic heterocycles. The molecular formula is C17H22N2O5. The van der Waals surface area contributed by atoms with Crippen LogP contribution >= 0.6 is 0 Å². The molecule has 1 aliphatic rings. The number of amides is 2. The molecule has 0 bridgehead atoms. The molecule has 24 heavy (non-hydrogen) atoms. The average molecular weight is 334 g/mol. The first-order valence-electron chi connectivity index (χ1n) is 7.94. The quantitative estimate of drug-likeness (QED) is 0.773. The average Bonchev–Trinajstić information content (AvgIpc) is 2.61. The highest BCUT2D eigenvalue weighted by molar-refractivity contribution is 5.98. The van der Waals surface area contributed by atoms with Crippen molar-refractivity contribution in [2.24, 2.45) is 5.92 Å². The summed E-state index contributed by atoms with van der Waals surface area (Å²) in [6.45, 7) is 1.09. The molecule has 7 heteroatoms. The molecule has 2 rings (SSSR count). The topological polar surface area (TPSA) is 95.9 Å². The van der Waals surface area contributed by atoms with E-state index in [-0.39, 0.29) is 30.7 Å². The fraction of sp³-hybridized carbons (Fsp3) is 0.471. The van der Waals surface area contributed by atoms with Crippen LogP contribution in [0, 0.1) is 5.92 Å². The molecule has 2 N–H and O–H groups in total. The molecule has 0 spiro atoms. The Morgan fingerprint density at radius 3 is 2.38 bits per heavy atom. The first-order valence-corrected chi connectivity index (χ1v) is 7.94. The Balaban J connectivity index is 1.81. The highest BCUT2D eigenvalue weighted by Crippen LogP contribution is 2.23. The summed E-state index contributed by atoms with van der Waals surface area (Å²) in [6.07, 6.45) is 1.12. The van der Waals surface area contributed by atoms with Crippen molar-refractivity contribution in [1.29, 1.82) is 0 Å². The number of likely N-dealkylation sites (tertiary alicyclic amines) is 1. The van der Waals surface area contributed by atoms with Gasteiger partial charge in [0.15, 0.2) is 5.78 Å². The molecule has 1 aromatic carbocycles. The van der Waals surface area contributed by atoms with Gasteiger partial charge in [0, 0.05) is 31.1 Å². The summed E-state index contributed by atoms with van der Waals surface area (Å²) >= 11 is 0. The molecule has 1 aromatic rings. The Morgan fingerprint density at radius 2 is 1.83 bits per heavy atom. The van der Waals surface area contributed by atoms with Gasteiger partial charge in [-0.3, -0.25) is 9.59 Å². The van der Waals surface area contributed by atoms with Crippen molar-refractivity contribution >= 4 is 17.8 Å². The van der Waals surface area contributed by atoms with Gasteiger partial charge in [-0.15, -0.1) is 0 Å². The molecule has 0 radical (unpaired) electrons. The van der Waals surface area contributed by atoms with E-state index in [1.54, 1.807) is 36.3 Å². The van der Waals surface area contributed by atoms with Crippen LogP contribution in [-0.2, 0) is 4.79 Å². The SMILES string of the molecule is COc1ccc(C(=O)C2CCN(C(=O)NCCC(=O)O)CC2)cc1. The number of rotatable bonds is 6. The van der Waals surface area contributed by atoms with Crippen LogP contribution in [0.15, 0.2) is 24.3 Å². The number of nitrogens with one attached hydrogen (secondary N) is 1. The van der Waals surface area contributed by atoms with E-state index in [4.69, 9.17) is 9.84 Å². The number of Topliss-reactive ketones (excluding diaryl/α,β-unsaturated/α-hetero) is 1. The Bertz CT molecular complexity index is 592. The third-order valence-corrected chi connectivity index (χ3v) is 4.14. The minimum atomic E-state index is -0.945. The van der Waals surface area contributed by atoms with Crippen molar-refractivity contribution in [1.82, 2.24) is 10.2 Å². The fourth-order valence-corrected chi connectivity index (χ4v) is 2.72. The molecule has 0 aliphatic carbocycles. The smallest absolute Gasteiger partial charge is 0.317 e. The maximum atomic E-state index is 12.5. The number of urea groups is 1. The predicted octanol–water partition coefficient (Wildman–Crippen LogP) is 1.77. The van der Waals surface area contributed by atoms with E-state index in [2.05, 4.69) is 5.32 Å². The van der Waals surface area contributed by atoms with Gasteiger partial charge < -0.3 is 20.1 Å². The minimum absolute atomic E-state index is 0.0867. The molecular weight excluding hydrogens is 312 g/mol. The Morgan fingerprint density at radius 1 is 1.21 bits per heavy atom. The number of nitrogens with zero attached hydrogens (tertiary/aromatic N) is 1. The highest BCUT2D eigenvalue weighted by atomic mass is 16.5. The first-order chi connectivity index (χ1) is 11.5. The molecule has 1 aliphatic heterocycles. The van der Waals surface area contributed by atoms with E-state index in [9.17, 15) is 14.4 Å². The predicted molar refractivity (Wildman–Crippen MR) is 87.3 cm³/mol. The molecule has 0 atom stereocenters. The van der Waals surface area contributed by atoms with Crippen LogP contribution in [0.3, 0.4) is 0 Å². The van der Waals surface area contributed by atoms with E-state index < -0.39 is 5.97 Å². The van der Waals surface area contributed by atoms with Crippen molar-refractivity contribution in [3.63, 3.8) is 0 Å². The maximum Gasteiger partial charge on any atom is 0.317 e. The van der Waals surface area contributed by atoms with E-state index in [0.717, 1.165) is 0 Å². The number of ether oxygens (including phenoxy) is 1. The number of hydrogen-bond acceptors (Lipinski definition) is 4. The van der Waals surface area contributed by atoms with Crippen LogP contribution in [-0.4, -0.2) is 54.5 Å². The molecule has 0 unspecified atom stereocenters. The molecule has 2 amide bonds. The molecule has 1 fully saturated rings. The van der Waals surface area contributed by atoms with Gasteiger partial charge in [-0.1, -0.05) is 0 Å². The number of benzene rings is 1. The number of ketones is 1. The molecule has 0 saturated carbocycles. The number of piperidine rings is 1. The van der Waals surface area contributed by atoms with E-state index in [1.165, 1.54) is 0 Å². The van der Waals surface area contributed by atoms with Crippen LogP contribution in [0.5, 0.6) is 5.75 Å². The van der Waals surface area contributed by atoms with Crippen molar-refractivity contribution < 1.29 is 24.2 Å². The van der Waals surface area contributed by atoms with Gasteiger partial charge in [0.2, 0.25) is 0 Å². The van der Waals surface area contributed by atoms with Gasteiger partial charge in [-0.25, -0.2) is 4.79 Å². The zero-order valence-electron chi connectivity index (χ0n) is 13.7. The standard InChI is InChI=1S/C17H22N2O5/c1-24-14-4-2-12(3-5-14)16(22)13-7-10-19(11-8-13)17(23)18-9-6-15(20)21/h2-5,13H,6-11H2,1H3,(H,18,23)(H,20,21). The Labute approximate surface area is 140 Å². The van der Waals surface area contributed by atoms with Crippen molar-refractivity contribution in [2.75, 3.05) is 26.7 Å². The summed E-state index contributed by atoms with van der Waals surface area (Å²) < 4.78 is 5.08. The second-order valence-corrected chi connectivity index (χ2v) is 5.73. The second kappa shape index (κ2) is 8.33. The number of carbonyl (C=O) groups is 3. The van der Waals surface area contributed by atoms with Crippen molar-refractivity contribution in [3.8, 4) is 5.75 Å². The van der Waals surface area contributed by atoms with Gasteiger partial charge in [0.05, 0.1) is 13.5 Å². The Kier molecular flexibility index (Phi) is 6.17. The highest BCUT2D eigenvalue weighted by Gasteiger charge is 2.27.